The quantitative estimate of drug-likeness (QED) is 0.244. The molecule has 0 N–H and O–H groups in total. The summed E-state index contributed by atoms with van der Waals surface area (Å²) < 4.78 is 12.3. The third-order valence-electron chi connectivity index (χ3n) is 21.2. The third-order valence-corrected chi connectivity index (χ3v) is 21.2. The molecule has 7 saturated carbocycles. The number of hydrogen-bond donors (Lipinski definition) is 0. The number of esters is 2. The van der Waals surface area contributed by atoms with Crippen LogP contribution in [-0.2, 0) is 30.5 Å². The first-order valence-corrected chi connectivity index (χ1v) is 24.3. The largest absolute Gasteiger partial charge is 0.462 e. The predicted octanol–water partition coefficient (Wildman–Crippen LogP) is 10.3. The highest BCUT2D eigenvalue weighted by Crippen LogP contribution is 2.79. The Bertz CT molecular complexity index is 1800. The van der Waals surface area contributed by atoms with E-state index >= 15 is 4.79 Å². The van der Waals surface area contributed by atoms with Crippen molar-refractivity contribution in [3.8, 4) is 0 Å². The van der Waals surface area contributed by atoms with Gasteiger partial charge in [-0.05, 0) is 152 Å². The highest BCUT2D eigenvalue weighted by atomic mass is 16.5. The minimum Gasteiger partial charge on any atom is -0.462 e. The number of benzene rings is 1. The lowest BCUT2D eigenvalue weighted by atomic mass is 9.32. The molecule has 326 valence electrons. The van der Waals surface area contributed by atoms with E-state index in [1.54, 1.807) is 0 Å². The van der Waals surface area contributed by atoms with Crippen molar-refractivity contribution in [2.75, 3.05) is 32.7 Å². The monoisotopic (exact) mass is 811 g/mol. The van der Waals surface area contributed by atoms with E-state index in [4.69, 9.17) is 9.47 Å². The summed E-state index contributed by atoms with van der Waals surface area (Å²) in [7, 11) is 0. The second-order valence-corrected chi connectivity index (χ2v) is 23.9. The lowest BCUT2D eigenvalue weighted by Gasteiger charge is -2.73. The highest BCUT2D eigenvalue weighted by Gasteiger charge is 2.74. The van der Waals surface area contributed by atoms with Gasteiger partial charge in [0.1, 0.15) is 12.7 Å². The first kappa shape index (κ1) is 41.9. The summed E-state index contributed by atoms with van der Waals surface area (Å²) in [6, 6.07) is 9.80. The summed E-state index contributed by atoms with van der Waals surface area (Å²) in [6.45, 7) is 27.0. The number of piperazine rings is 1. The third kappa shape index (κ3) is 6.19. The molecule has 0 spiro atoms. The maximum atomic E-state index is 15.1. The first-order chi connectivity index (χ1) is 27.9. The van der Waals surface area contributed by atoms with E-state index in [2.05, 4.69) is 58.3 Å². The number of rotatable bonds is 8. The summed E-state index contributed by atoms with van der Waals surface area (Å²) in [5, 5.41) is 0. The first-order valence-electron chi connectivity index (χ1n) is 24.3. The summed E-state index contributed by atoms with van der Waals surface area (Å²) in [5.74, 6) is 2.51. The number of likely N-dealkylation sites (N-methyl/N-ethyl adjacent to an activating group) is 1. The molecular weight excluding hydrogens is 733 g/mol. The van der Waals surface area contributed by atoms with E-state index in [1.165, 1.54) is 51.4 Å². The number of amides is 1. The molecule has 7 nitrogen and oxygen atoms in total. The number of fused-ring (bicyclic) bond motifs is 7. The number of ether oxygens (including phenoxy) is 2. The second-order valence-electron chi connectivity index (χ2n) is 23.9. The summed E-state index contributed by atoms with van der Waals surface area (Å²) in [4.78, 5) is 47.1. The van der Waals surface area contributed by atoms with Gasteiger partial charge >= 0.3 is 11.9 Å². The fourth-order valence-corrected chi connectivity index (χ4v) is 16.9. The maximum absolute atomic E-state index is 15.1. The SMILES string of the molecule is CCN1CCN(C(=O)C23CCC(C4(C)CC4)C2C2CCC4C5(C)CCC(OC(=O)C6CC(C(=O)OCc7ccccc7)C6(C)C)C(C)(C)C5CCC4(C)C2(C)CC3)CC1. The molecule has 0 bridgehead atoms. The van der Waals surface area contributed by atoms with E-state index in [1.807, 2.05) is 44.2 Å². The van der Waals surface area contributed by atoms with Crippen LogP contribution in [0.15, 0.2) is 30.3 Å². The van der Waals surface area contributed by atoms with Crippen molar-refractivity contribution < 1.29 is 23.9 Å². The molecule has 7 heteroatoms. The molecule has 1 heterocycles. The zero-order valence-electron chi connectivity index (χ0n) is 38.4. The molecule has 12 unspecified atom stereocenters. The van der Waals surface area contributed by atoms with Crippen LogP contribution in [0.25, 0.3) is 0 Å². The van der Waals surface area contributed by atoms with Gasteiger partial charge in [0.25, 0.3) is 0 Å². The van der Waals surface area contributed by atoms with E-state index in [9.17, 15) is 9.59 Å². The van der Waals surface area contributed by atoms with Gasteiger partial charge in [-0.2, -0.15) is 0 Å². The Labute approximate surface area is 356 Å². The number of hydrogen-bond acceptors (Lipinski definition) is 6. The van der Waals surface area contributed by atoms with Crippen LogP contribution in [0.1, 0.15) is 151 Å². The summed E-state index contributed by atoms with van der Waals surface area (Å²) >= 11 is 0. The summed E-state index contributed by atoms with van der Waals surface area (Å²) in [6.07, 6.45) is 14.6. The van der Waals surface area contributed by atoms with Gasteiger partial charge in [-0.25, -0.2) is 0 Å². The number of carbonyl (C=O) groups excluding carboxylic acids is 3. The van der Waals surface area contributed by atoms with Crippen molar-refractivity contribution in [2.24, 2.45) is 79.3 Å². The lowest BCUT2D eigenvalue weighted by Crippen LogP contribution is -2.68. The smallest absolute Gasteiger partial charge is 0.309 e. The average molecular weight is 811 g/mol. The van der Waals surface area contributed by atoms with Crippen molar-refractivity contribution in [3.05, 3.63) is 35.9 Å². The van der Waals surface area contributed by atoms with Crippen molar-refractivity contribution >= 4 is 17.8 Å². The Morgan fingerprint density at radius 3 is 2.02 bits per heavy atom. The van der Waals surface area contributed by atoms with Gasteiger partial charge in [-0.3, -0.25) is 14.4 Å². The van der Waals surface area contributed by atoms with Gasteiger partial charge in [0, 0.05) is 31.6 Å². The Balaban J connectivity index is 0.903. The molecule has 7 aliphatic carbocycles. The van der Waals surface area contributed by atoms with Crippen molar-refractivity contribution in [1.29, 1.82) is 0 Å². The normalized spacial score (nSPS) is 44.1. The Morgan fingerprint density at radius 1 is 0.661 bits per heavy atom. The van der Waals surface area contributed by atoms with Crippen molar-refractivity contribution in [2.45, 2.75) is 158 Å². The van der Waals surface area contributed by atoms with E-state index in [0.29, 0.717) is 47.3 Å². The van der Waals surface area contributed by atoms with Crippen LogP contribution in [0.2, 0.25) is 0 Å². The zero-order chi connectivity index (χ0) is 42.0. The average Bonchev–Trinajstić information content (AvgIpc) is 3.82. The van der Waals surface area contributed by atoms with Gasteiger partial charge in [0.15, 0.2) is 0 Å². The molecule has 9 rings (SSSR count). The topological polar surface area (TPSA) is 76.2 Å². The van der Waals surface area contributed by atoms with Crippen LogP contribution < -0.4 is 0 Å². The van der Waals surface area contributed by atoms with Gasteiger partial charge in [-0.15, -0.1) is 0 Å². The van der Waals surface area contributed by atoms with Crippen LogP contribution >= 0.6 is 0 Å². The van der Waals surface area contributed by atoms with Crippen LogP contribution in [0, 0.1) is 79.3 Å². The second kappa shape index (κ2) is 14.3. The standard InChI is InChI=1S/C52H78N2O5/c1-10-53-28-30-54(31-29-53)45(57)52-23-18-35(48(6)24-25-48)42(52)36-16-17-40-49(7)21-20-41(47(4,5)39(49)19-22-51(40,9)50(36,8)26-27-52)59-44(56)38-32-37(46(38,2)3)43(55)58-33-34-14-12-11-13-15-34/h11-15,35-42H,10,16-33H2,1-9H3. The molecule has 59 heavy (non-hydrogen) atoms. The van der Waals surface area contributed by atoms with Gasteiger partial charge in [0.2, 0.25) is 5.91 Å². The Kier molecular flexibility index (Phi) is 10.2. The Morgan fingerprint density at radius 2 is 1.36 bits per heavy atom. The highest BCUT2D eigenvalue weighted by molar-refractivity contribution is 5.84. The predicted molar refractivity (Wildman–Crippen MR) is 232 cm³/mol. The van der Waals surface area contributed by atoms with E-state index in [-0.39, 0.29) is 63.6 Å². The van der Waals surface area contributed by atoms with Gasteiger partial charge < -0.3 is 19.3 Å². The minimum absolute atomic E-state index is 0.122. The molecule has 0 aromatic heterocycles. The van der Waals surface area contributed by atoms with Crippen molar-refractivity contribution in [3.63, 3.8) is 0 Å². The molecule has 1 aliphatic heterocycles. The Hall–Kier alpha value is -2.41. The number of nitrogens with zero attached hydrogens (tertiary/aromatic N) is 2. The molecule has 8 fully saturated rings. The van der Waals surface area contributed by atoms with E-state index < -0.39 is 5.41 Å². The van der Waals surface area contributed by atoms with Gasteiger partial charge in [-0.1, -0.05) is 92.6 Å². The van der Waals surface area contributed by atoms with Crippen LogP contribution in [-0.4, -0.2) is 66.5 Å². The molecule has 12 atom stereocenters. The number of carbonyl (C=O) groups is 3. The molecule has 1 aromatic carbocycles. The molecule has 0 radical (unpaired) electrons. The molecular formula is C52H78N2O5. The molecule has 1 amide bonds. The van der Waals surface area contributed by atoms with Gasteiger partial charge in [0.05, 0.1) is 17.3 Å². The molecule has 1 saturated heterocycles. The molecule has 1 aromatic rings. The van der Waals surface area contributed by atoms with Crippen LogP contribution in [0.4, 0.5) is 0 Å². The fourth-order valence-electron chi connectivity index (χ4n) is 16.9. The van der Waals surface area contributed by atoms with Crippen LogP contribution in [0.3, 0.4) is 0 Å². The van der Waals surface area contributed by atoms with Crippen LogP contribution in [0.5, 0.6) is 0 Å². The molecule has 8 aliphatic rings. The minimum atomic E-state index is -0.500. The fraction of sp³-hybridized carbons (Fsp3) is 0.827. The summed E-state index contributed by atoms with van der Waals surface area (Å²) in [5.41, 5.74) is 1.21. The maximum Gasteiger partial charge on any atom is 0.309 e. The lowest BCUT2D eigenvalue weighted by molar-refractivity contribution is -0.253. The van der Waals surface area contributed by atoms with Crippen molar-refractivity contribution in [1.82, 2.24) is 9.80 Å². The van der Waals surface area contributed by atoms with E-state index in [0.717, 1.165) is 64.0 Å². The zero-order valence-corrected chi connectivity index (χ0v) is 38.4.